The molecule has 21 heavy (non-hydrogen) atoms. The lowest BCUT2D eigenvalue weighted by Crippen LogP contribution is -2.35. The molecule has 1 aliphatic rings. The number of nitrogens with one attached hydrogen (secondary N) is 1. The van der Waals surface area contributed by atoms with Crippen molar-refractivity contribution in [2.45, 2.75) is 57.6 Å². The molecule has 0 bridgehead atoms. The Morgan fingerprint density at radius 1 is 1.48 bits per heavy atom. The van der Waals surface area contributed by atoms with Gasteiger partial charge in [-0.05, 0) is 44.2 Å². The van der Waals surface area contributed by atoms with Crippen LogP contribution in [0.15, 0.2) is 18.2 Å². The molecule has 0 aromatic heterocycles. The van der Waals surface area contributed by atoms with Crippen LogP contribution in [0.3, 0.4) is 0 Å². The molecule has 4 nitrogen and oxygen atoms in total. The van der Waals surface area contributed by atoms with Crippen molar-refractivity contribution >= 4 is 11.6 Å². The number of carbonyl (C=O) groups excluding carboxylic acids is 1. The third kappa shape index (κ3) is 4.43. The SMILES string of the molecule is CCCC(N)C(=O)Nc1ccc(OC2CCCC2)c(F)c1. The van der Waals surface area contributed by atoms with Gasteiger partial charge < -0.3 is 15.8 Å². The Balaban J connectivity index is 1.96. The summed E-state index contributed by atoms with van der Waals surface area (Å²) in [5.41, 5.74) is 6.13. The van der Waals surface area contributed by atoms with Crippen LogP contribution in [0.25, 0.3) is 0 Å². The standard InChI is InChI=1S/C16H23FN2O2/c1-2-5-14(18)16(20)19-11-8-9-15(13(17)10-11)21-12-6-3-4-7-12/h8-10,12,14H,2-7,18H2,1H3,(H,19,20). The Morgan fingerprint density at radius 3 is 2.81 bits per heavy atom. The van der Waals surface area contributed by atoms with Crippen molar-refractivity contribution in [1.82, 2.24) is 0 Å². The monoisotopic (exact) mass is 294 g/mol. The fraction of sp³-hybridized carbons (Fsp3) is 0.562. The van der Waals surface area contributed by atoms with Crippen molar-refractivity contribution in [3.8, 4) is 5.75 Å². The molecule has 0 aliphatic heterocycles. The van der Waals surface area contributed by atoms with Gasteiger partial charge in [0, 0.05) is 11.8 Å². The van der Waals surface area contributed by atoms with Crippen LogP contribution in [0, 0.1) is 5.82 Å². The van der Waals surface area contributed by atoms with Crippen molar-refractivity contribution in [2.24, 2.45) is 5.73 Å². The maximum Gasteiger partial charge on any atom is 0.241 e. The lowest BCUT2D eigenvalue weighted by atomic mass is 10.1. The molecule has 1 aromatic rings. The molecule has 0 heterocycles. The van der Waals surface area contributed by atoms with Gasteiger partial charge in [-0.1, -0.05) is 13.3 Å². The molecule has 3 N–H and O–H groups in total. The zero-order chi connectivity index (χ0) is 15.2. The zero-order valence-corrected chi connectivity index (χ0v) is 12.4. The van der Waals surface area contributed by atoms with Gasteiger partial charge in [-0.15, -0.1) is 0 Å². The van der Waals surface area contributed by atoms with Crippen LogP contribution < -0.4 is 15.8 Å². The zero-order valence-electron chi connectivity index (χ0n) is 12.4. The van der Waals surface area contributed by atoms with Crippen molar-refractivity contribution in [2.75, 3.05) is 5.32 Å². The maximum atomic E-state index is 14.0. The van der Waals surface area contributed by atoms with Crippen LogP contribution in [0.4, 0.5) is 10.1 Å². The first-order valence-corrected chi connectivity index (χ1v) is 7.62. The summed E-state index contributed by atoms with van der Waals surface area (Å²) >= 11 is 0. The van der Waals surface area contributed by atoms with Gasteiger partial charge in [0.15, 0.2) is 11.6 Å². The Labute approximate surface area is 124 Å². The van der Waals surface area contributed by atoms with E-state index in [0.29, 0.717) is 12.1 Å². The van der Waals surface area contributed by atoms with E-state index in [1.54, 1.807) is 12.1 Å². The lowest BCUT2D eigenvalue weighted by molar-refractivity contribution is -0.117. The summed E-state index contributed by atoms with van der Waals surface area (Å²) in [6.07, 6.45) is 5.77. The van der Waals surface area contributed by atoms with Crippen molar-refractivity contribution in [3.63, 3.8) is 0 Å². The second-order valence-corrected chi connectivity index (χ2v) is 5.55. The molecule has 0 spiro atoms. The average Bonchev–Trinajstić information content (AvgIpc) is 2.95. The molecule has 5 heteroatoms. The van der Waals surface area contributed by atoms with E-state index in [4.69, 9.17) is 10.5 Å². The average molecular weight is 294 g/mol. The molecule has 1 amide bonds. The van der Waals surface area contributed by atoms with E-state index in [1.807, 2.05) is 6.92 Å². The molecular weight excluding hydrogens is 271 g/mol. The molecule has 1 unspecified atom stereocenters. The minimum Gasteiger partial charge on any atom is -0.487 e. The van der Waals surface area contributed by atoms with Crippen LogP contribution in [-0.2, 0) is 4.79 Å². The Morgan fingerprint density at radius 2 is 2.19 bits per heavy atom. The largest absolute Gasteiger partial charge is 0.487 e. The van der Waals surface area contributed by atoms with Crippen molar-refractivity contribution in [3.05, 3.63) is 24.0 Å². The molecule has 0 radical (unpaired) electrons. The number of ether oxygens (including phenoxy) is 1. The fourth-order valence-corrected chi connectivity index (χ4v) is 2.54. The first kappa shape index (κ1) is 15.8. The highest BCUT2D eigenvalue weighted by molar-refractivity contribution is 5.94. The van der Waals surface area contributed by atoms with Crippen LogP contribution >= 0.6 is 0 Å². The molecule has 1 atom stereocenters. The number of rotatable bonds is 6. The number of halogens is 1. The minimum absolute atomic E-state index is 0.109. The molecule has 0 saturated heterocycles. The molecule has 116 valence electrons. The van der Waals surface area contributed by atoms with Crippen LogP contribution in [-0.4, -0.2) is 18.1 Å². The quantitative estimate of drug-likeness (QED) is 0.846. The predicted octanol–water partition coefficient (Wildman–Crippen LogP) is 3.21. The number of nitrogens with two attached hydrogens (primary N) is 1. The summed E-state index contributed by atoms with van der Waals surface area (Å²) < 4.78 is 19.6. The summed E-state index contributed by atoms with van der Waals surface area (Å²) in [6, 6.07) is 3.92. The van der Waals surface area contributed by atoms with E-state index < -0.39 is 11.9 Å². The van der Waals surface area contributed by atoms with E-state index in [0.717, 1.165) is 32.1 Å². The number of carbonyl (C=O) groups is 1. The highest BCUT2D eigenvalue weighted by Gasteiger charge is 2.19. The highest BCUT2D eigenvalue weighted by atomic mass is 19.1. The van der Waals surface area contributed by atoms with E-state index in [1.165, 1.54) is 6.07 Å². The summed E-state index contributed by atoms with van der Waals surface area (Å²) in [7, 11) is 0. The van der Waals surface area contributed by atoms with E-state index in [2.05, 4.69) is 5.32 Å². The van der Waals surface area contributed by atoms with Crippen LogP contribution in [0.1, 0.15) is 45.4 Å². The molecular formula is C16H23FN2O2. The molecule has 1 aliphatic carbocycles. The normalized spacial score (nSPS) is 16.7. The number of benzene rings is 1. The van der Waals surface area contributed by atoms with Gasteiger partial charge in [0.25, 0.3) is 0 Å². The second kappa shape index (κ2) is 7.41. The second-order valence-electron chi connectivity index (χ2n) is 5.55. The first-order valence-electron chi connectivity index (χ1n) is 7.62. The topological polar surface area (TPSA) is 64.4 Å². The van der Waals surface area contributed by atoms with Crippen LogP contribution in [0.5, 0.6) is 5.75 Å². The summed E-state index contributed by atoms with van der Waals surface area (Å²) in [5.74, 6) is -0.498. The number of hydrogen-bond donors (Lipinski definition) is 2. The lowest BCUT2D eigenvalue weighted by Gasteiger charge is -2.15. The molecule has 2 rings (SSSR count). The Hall–Kier alpha value is -1.62. The number of hydrogen-bond acceptors (Lipinski definition) is 3. The van der Waals surface area contributed by atoms with Gasteiger partial charge in [0.05, 0.1) is 12.1 Å². The summed E-state index contributed by atoms with van der Waals surface area (Å²) in [5, 5.41) is 2.63. The van der Waals surface area contributed by atoms with E-state index in [9.17, 15) is 9.18 Å². The smallest absolute Gasteiger partial charge is 0.241 e. The van der Waals surface area contributed by atoms with Gasteiger partial charge in [-0.2, -0.15) is 0 Å². The number of anilines is 1. The van der Waals surface area contributed by atoms with Gasteiger partial charge in [-0.3, -0.25) is 4.79 Å². The Bertz CT molecular complexity index is 487. The van der Waals surface area contributed by atoms with Gasteiger partial charge >= 0.3 is 0 Å². The van der Waals surface area contributed by atoms with E-state index >= 15 is 0 Å². The molecule has 1 fully saturated rings. The maximum absolute atomic E-state index is 14.0. The Kier molecular flexibility index (Phi) is 5.56. The molecule has 1 aromatic carbocycles. The fourth-order valence-electron chi connectivity index (χ4n) is 2.54. The molecule has 1 saturated carbocycles. The summed E-state index contributed by atoms with van der Waals surface area (Å²) in [6.45, 7) is 1.96. The van der Waals surface area contributed by atoms with E-state index in [-0.39, 0.29) is 17.8 Å². The summed E-state index contributed by atoms with van der Waals surface area (Å²) in [4.78, 5) is 11.8. The minimum atomic E-state index is -0.563. The predicted molar refractivity (Wildman–Crippen MR) is 80.8 cm³/mol. The third-order valence-electron chi connectivity index (χ3n) is 3.73. The van der Waals surface area contributed by atoms with Gasteiger partial charge in [0.2, 0.25) is 5.91 Å². The van der Waals surface area contributed by atoms with Gasteiger partial charge in [-0.25, -0.2) is 4.39 Å². The van der Waals surface area contributed by atoms with Crippen molar-refractivity contribution in [1.29, 1.82) is 0 Å². The third-order valence-corrected chi connectivity index (χ3v) is 3.73. The van der Waals surface area contributed by atoms with Crippen LogP contribution in [0.2, 0.25) is 0 Å². The van der Waals surface area contributed by atoms with Crippen molar-refractivity contribution < 1.29 is 13.9 Å². The first-order chi connectivity index (χ1) is 10.1. The van der Waals surface area contributed by atoms with Gasteiger partial charge in [0.1, 0.15) is 0 Å². The highest BCUT2D eigenvalue weighted by Crippen LogP contribution is 2.27. The number of amides is 1.